The molecule has 0 radical (unpaired) electrons. The van der Waals surface area contributed by atoms with Gasteiger partial charge in [-0.05, 0) is 71.8 Å². The number of carbonyl (C=O) groups is 2. The number of ketones is 2. The fraction of sp³-hybridized carbons (Fsp3) is 0.188. The average Bonchev–Trinajstić information content (AvgIpc) is 2.95. The van der Waals surface area contributed by atoms with E-state index < -0.39 is 22.7 Å². The van der Waals surface area contributed by atoms with Crippen LogP contribution in [0.3, 0.4) is 0 Å². The number of fused-ring (bicyclic) bond motifs is 3. The van der Waals surface area contributed by atoms with Gasteiger partial charge in [0.25, 0.3) is 0 Å². The summed E-state index contributed by atoms with van der Waals surface area (Å²) in [5.41, 5.74) is -0.198. The van der Waals surface area contributed by atoms with E-state index in [0.717, 1.165) is 11.1 Å². The molecule has 4 nitrogen and oxygen atoms in total. The summed E-state index contributed by atoms with van der Waals surface area (Å²) in [7, 11) is 0. The first-order valence-electron chi connectivity index (χ1n) is 12.7. The van der Waals surface area contributed by atoms with Crippen LogP contribution >= 0.6 is 46.4 Å². The van der Waals surface area contributed by atoms with Crippen molar-refractivity contribution in [1.82, 2.24) is 0 Å². The van der Waals surface area contributed by atoms with Crippen molar-refractivity contribution in [2.24, 2.45) is 10.8 Å². The van der Waals surface area contributed by atoms with Crippen molar-refractivity contribution in [3.05, 3.63) is 127 Å². The Morgan fingerprint density at radius 2 is 0.875 bits per heavy atom. The van der Waals surface area contributed by atoms with E-state index in [-0.39, 0.29) is 24.8 Å². The highest BCUT2D eigenvalue weighted by atomic mass is 35.5. The fourth-order valence-corrected chi connectivity index (χ4v) is 7.65. The number of Topliss-reactive ketones (excluding diaryl/α,β-unsaturated/α-hetero) is 2. The predicted octanol–water partition coefficient (Wildman–Crippen LogP) is 8.70. The van der Waals surface area contributed by atoms with Crippen molar-refractivity contribution in [2.45, 2.75) is 11.8 Å². The Morgan fingerprint density at radius 3 is 1.25 bits per heavy atom. The molecule has 2 aliphatic heterocycles. The third-order valence-corrected chi connectivity index (χ3v) is 9.72. The minimum absolute atomic E-state index is 0.0111. The van der Waals surface area contributed by atoms with E-state index in [4.69, 9.17) is 55.9 Å². The van der Waals surface area contributed by atoms with Gasteiger partial charge < -0.3 is 9.47 Å². The van der Waals surface area contributed by atoms with Crippen LogP contribution in [0.1, 0.15) is 43.7 Å². The van der Waals surface area contributed by atoms with Crippen LogP contribution in [0, 0.1) is 10.8 Å². The molecule has 40 heavy (non-hydrogen) atoms. The van der Waals surface area contributed by atoms with Crippen molar-refractivity contribution in [1.29, 1.82) is 0 Å². The second-order valence-electron chi connectivity index (χ2n) is 10.5. The van der Waals surface area contributed by atoms with Crippen molar-refractivity contribution in [2.75, 3.05) is 13.2 Å². The summed E-state index contributed by atoms with van der Waals surface area (Å²) < 4.78 is 12.6. The van der Waals surface area contributed by atoms with E-state index in [1.807, 2.05) is 24.3 Å². The van der Waals surface area contributed by atoms with Gasteiger partial charge in [-0.15, -0.1) is 0 Å². The first-order chi connectivity index (χ1) is 19.3. The summed E-state index contributed by atoms with van der Waals surface area (Å²) in [4.78, 5) is 29.7. The monoisotopic (exact) mass is 608 g/mol. The maximum absolute atomic E-state index is 14.8. The molecule has 1 aliphatic carbocycles. The summed E-state index contributed by atoms with van der Waals surface area (Å²) in [5, 5.41) is 1.95. The van der Waals surface area contributed by atoms with Crippen molar-refractivity contribution < 1.29 is 19.1 Å². The van der Waals surface area contributed by atoms with E-state index in [1.165, 1.54) is 0 Å². The number of carbonyl (C=O) groups excluding carboxylic acids is 2. The Morgan fingerprint density at radius 1 is 0.525 bits per heavy atom. The predicted molar refractivity (Wildman–Crippen MR) is 156 cm³/mol. The van der Waals surface area contributed by atoms with Crippen LogP contribution in [-0.2, 0) is 0 Å². The van der Waals surface area contributed by atoms with Crippen LogP contribution in [0.5, 0.6) is 11.5 Å². The van der Waals surface area contributed by atoms with Gasteiger partial charge in [0, 0.05) is 31.9 Å². The van der Waals surface area contributed by atoms with Crippen molar-refractivity contribution in [3.63, 3.8) is 0 Å². The highest BCUT2D eigenvalue weighted by Crippen LogP contribution is 2.76. The Kier molecular flexibility index (Phi) is 5.99. The number of benzene rings is 4. The summed E-state index contributed by atoms with van der Waals surface area (Å²) in [6.07, 6.45) is 0. The number of hydrogen-bond donors (Lipinski definition) is 0. The van der Waals surface area contributed by atoms with Crippen molar-refractivity contribution >= 4 is 58.0 Å². The molecular formula is C32H20Cl4O4. The number of hydrogen-bond acceptors (Lipinski definition) is 4. The molecule has 4 unspecified atom stereocenters. The molecule has 0 saturated heterocycles. The molecule has 4 atom stereocenters. The van der Waals surface area contributed by atoms with Gasteiger partial charge >= 0.3 is 0 Å². The highest BCUT2D eigenvalue weighted by Gasteiger charge is 2.80. The number of halogens is 4. The zero-order chi connectivity index (χ0) is 27.8. The molecule has 2 heterocycles. The molecule has 3 aliphatic rings. The van der Waals surface area contributed by atoms with Crippen LogP contribution in [0.15, 0.2) is 84.9 Å². The first kappa shape index (κ1) is 25.9. The van der Waals surface area contributed by atoms with Crippen molar-refractivity contribution in [3.8, 4) is 11.5 Å². The summed E-state index contributed by atoms with van der Waals surface area (Å²) in [6, 6.07) is 24.8. The van der Waals surface area contributed by atoms with Gasteiger partial charge in [-0.1, -0.05) is 70.7 Å². The molecule has 0 aromatic heterocycles. The molecular weight excluding hydrogens is 590 g/mol. The maximum atomic E-state index is 14.8. The van der Waals surface area contributed by atoms with E-state index in [0.29, 0.717) is 42.7 Å². The second kappa shape index (κ2) is 9.25. The van der Waals surface area contributed by atoms with E-state index >= 15 is 0 Å². The SMILES string of the molecule is O=C1c2cc(Cl)ccc2OCC12C(c1ccc(Cl)cc1)C(c1ccc(Cl)cc1)C21COc2ccc(Cl)cc2C1=O. The van der Waals surface area contributed by atoms with Gasteiger partial charge in [0.15, 0.2) is 11.6 Å². The topological polar surface area (TPSA) is 52.6 Å². The summed E-state index contributed by atoms with van der Waals surface area (Å²) >= 11 is 25.2. The molecule has 200 valence electrons. The molecule has 0 bridgehead atoms. The lowest BCUT2D eigenvalue weighted by Gasteiger charge is -2.68. The highest BCUT2D eigenvalue weighted by molar-refractivity contribution is 6.32. The van der Waals surface area contributed by atoms with Crippen LogP contribution in [0.25, 0.3) is 0 Å². The Labute approximate surface area is 250 Å². The molecule has 4 aromatic rings. The Balaban J connectivity index is 1.52. The van der Waals surface area contributed by atoms with Gasteiger partial charge in [-0.3, -0.25) is 9.59 Å². The lowest BCUT2D eigenvalue weighted by molar-refractivity contribution is -0.124. The zero-order valence-electron chi connectivity index (χ0n) is 20.8. The number of rotatable bonds is 2. The van der Waals surface area contributed by atoms with Gasteiger partial charge in [-0.2, -0.15) is 0 Å². The lowest BCUT2D eigenvalue weighted by Crippen LogP contribution is -2.75. The molecule has 8 heteroatoms. The molecule has 2 spiro atoms. The van der Waals surface area contributed by atoms with Gasteiger partial charge in [0.2, 0.25) is 0 Å². The fourth-order valence-electron chi connectivity index (χ4n) is 7.05. The zero-order valence-corrected chi connectivity index (χ0v) is 23.8. The number of ether oxygens (including phenoxy) is 2. The van der Waals surface area contributed by atoms with Crippen LogP contribution in [-0.4, -0.2) is 24.8 Å². The van der Waals surface area contributed by atoms with Crippen LogP contribution in [0.2, 0.25) is 20.1 Å². The first-order valence-corrected chi connectivity index (χ1v) is 14.2. The smallest absolute Gasteiger partial charge is 0.178 e. The largest absolute Gasteiger partial charge is 0.492 e. The third-order valence-electron chi connectivity index (χ3n) is 8.74. The molecule has 4 aromatic carbocycles. The Hall–Kier alpha value is -3.02. The quantitative estimate of drug-likeness (QED) is 0.228. The average molecular weight is 610 g/mol. The molecule has 7 rings (SSSR count). The van der Waals surface area contributed by atoms with Crippen LogP contribution < -0.4 is 9.47 Å². The standard InChI is InChI=1S/C32H20Cl4O4/c33-19-5-1-17(2-6-19)27-28(18-3-7-20(34)8-4-18)32(16-40-26-12-10-22(36)14-24(26)30(32)38)31(27)15-39-25-11-9-21(35)13-23(25)29(31)37/h1-14,27-28H,15-16H2. The minimum atomic E-state index is -1.31. The van der Waals surface area contributed by atoms with Crippen LogP contribution in [0.4, 0.5) is 0 Å². The third kappa shape index (κ3) is 3.46. The normalized spacial score (nSPS) is 26.5. The molecule has 0 N–H and O–H groups in total. The second-order valence-corrected chi connectivity index (χ2v) is 12.3. The lowest BCUT2D eigenvalue weighted by atomic mass is 9.32. The minimum Gasteiger partial charge on any atom is -0.492 e. The maximum Gasteiger partial charge on any atom is 0.178 e. The molecule has 1 saturated carbocycles. The van der Waals surface area contributed by atoms with Gasteiger partial charge in [0.1, 0.15) is 24.7 Å². The molecule has 1 fully saturated rings. The van der Waals surface area contributed by atoms with Gasteiger partial charge in [-0.25, -0.2) is 0 Å². The van der Waals surface area contributed by atoms with E-state index in [1.54, 1.807) is 60.7 Å². The Bertz CT molecular complexity index is 1570. The van der Waals surface area contributed by atoms with E-state index in [9.17, 15) is 9.59 Å². The molecule has 0 amide bonds. The summed E-state index contributed by atoms with van der Waals surface area (Å²) in [6.45, 7) is -0.0221. The summed E-state index contributed by atoms with van der Waals surface area (Å²) in [5.74, 6) is -0.425. The van der Waals surface area contributed by atoms with Gasteiger partial charge in [0.05, 0.1) is 22.0 Å². The van der Waals surface area contributed by atoms with E-state index in [2.05, 4.69) is 0 Å².